The summed E-state index contributed by atoms with van der Waals surface area (Å²) in [6.45, 7) is 1.95. The number of hydrogen-bond donors (Lipinski definition) is 1. The summed E-state index contributed by atoms with van der Waals surface area (Å²) in [5.74, 6) is 1.52. The first kappa shape index (κ1) is 12.9. The maximum atomic E-state index is 8.91. The molecule has 0 unspecified atom stereocenters. The van der Waals surface area contributed by atoms with Crippen molar-refractivity contribution in [2.24, 2.45) is 5.92 Å². The van der Waals surface area contributed by atoms with Gasteiger partial charge in [0.05, 0.1) is 12.7 Å². The number of benzene rings is 1. The first-order valence-electron chi connectivity index (χ1n) is 6.61. The Kier molecular flexibility index (Phi) is 4.60. The molecule has 1 aromatic carbocycles. The van der Waals surface area contributed by atoms with Crippen molar-refractivity contribution in [2.75, 3.05) is 13.7 Å². The Balaban J connectivity index is 1.87. The molecule has 0 radical (unpaired) electrons. The van der Waals surface area contributed by atoms with E-state index in [0.717, 1.165) is 19.0 Å². The van der Waals surface area contributed by atoms with Gasteiger partial charge in [-0.1, -0.05) is 18.9 Å². The van der Waals surface area contributed by atoms with Crippen molar-refractivity contribution >= 4 is 0 Å². The molecule has 18 heavy (non-hydrogen) atoms. The Morgan fingerprint density at radius 1 is 1.39 bits per heavy atom. The van der Waals surface area contributed by atoms with Crippen LogP contribution in [-0.2, 0) is 6.54 Å². The summed E-state index contributed by atoms with van der Waals surface area (Å²) < 4.78 is 5.21. The molecule has 1 N–H and O–H groups in total. The Morgan fingerprint density at radius 2 is 2.17 bits per heavy atom. The standard InChI is InChI=1S/C15H20N2O/c1-18-15-8-13(6-7-14(15)9-16)11-17-10-12-4-2-3-5-12/h6-8,12,17H,2-5,10-11H2,1H3. The van der Waals surface area contributed by atoms with Crippen LogP contribution in [0.2, 0.25) is 0 Å². The number of ether oxygens (including phenoxy) is 1. The Bertz CT molecular complexity index is 431. The van der Waals surface area contributed by atoms with Crippen LogP contribution in [0, 0.1) is 17.2 Å². The van der Waals surface area contributed by atoms with Crippen molar-refractivity contribution in [3.8, 4) is 11.8 Å². The Morgan fingerprint density at radius 3 is 2.83 bits per heavy atom. The molecule has 0 spiro atoms. The van der Waals surface area contributed by atoms with Gasteiger partial charge < -0.3 is 10.1 Å². The lowest BCUT2D eigenvalue weighted by Crippen LogP contribution is -2.20. The van der Waals surface area contributed by atoms with Crippen molar-refractivity contribution in [2.45, 2.75) is 32.2 Å². The lowest BCUT2D eigenvalue weighted by Gasteiger charge is -2.11. The molecule has 3 heteroatoms. The first-order chi connectivity index (χ1) is 8.83. The fourth-order valence-electron chi connectivity index (χ4n) is 2.57. The van der Waals surface area contributed by atoms with Gasteiger partial charge in [-0.25, -0.2) is 0 Å². The lowest BCUT2D eigenvalue weighted by atomic mass is 10.1. The second-order valence-electron chi connectivity index (χ2n) is 4.93. The van der Waals surface area contributed by atoms with Gasteiger partial charge in [0.15, 0.2) is 0 Å². The summed E-state index contributed by atoms with van der Waals surface area (Å²) in [7, 11) is 1.60. The molecule has 0 saturated heterocycles. The van der Waals surface area contributed by atoms with Crippen molar-refractivity contribution in [1.82, 2.24) is 5.32 Å². The van der Waals surface area contributed by atoms with Crippen molar-refractivity contribution in [3.05, 3.63) is 29.3 Å². The molecule has 0 amide bonds. The van der Waals surface area contributed by atoms with E-state index in [4.69, 9.17) is 10.00 Å². The summed E-state index contributed by atoms with van der Waals surface area (Å²) >= 11 is 0. The topological polar surface area (TPSA) is 45.0 Å². The van der Waals surface area contributed by atoms with Gasteiger partial charge in [-0.2, -0.15) is 5.26 Å². The highest BCUT2D eigenvalue weighted by Crippen LogP contribution is 2.24. The van der Waals surface area contributed by atoms with E-state index in [9.17, 15) is 0 Å². The summed E-state index contributed by atoms with van der Waals surface area (Å²) in [6, 6.07) is 7.89. The first-order valence-corrected chi connectivity index (χ1v) is 6.61. The van der Waals surface area contributed by atoms with E-state index in [1.54, 1.807) is 7.11 Å². The normalized spacial score (nSPS) is 15.6. The van der Waals surface area contributed by atoms with Crippen LogP contribution in [0.1, 0.15) is 36.8 Å². The summed E-state index contributed by atoms with van der Waals surface area (Å²) in [5.41, 5.74) is 1.76. The van der Waals surface area contributed by atoms with Crippen LogP contribution in [-0.4, -0.2) is 13.7 Å². The molecule has 0 aliphatic heterocycles. The molecule has 1 aliphatic carbocycles. The average molecular weight is 244 g/mol. The van der Waals surface area contributed by atoms with Gasteiger partial charge in [0.2, 0.25) is 0 Å². The fourth-order valence-corrected chi connectivity index (χ4v) is 2.57. The van der Waals surface area contributed by atoms with Gasteiger partial charge in [0.1, 0.15) is 11.8 Å². The second kappa shape index (κ2) is 6.42. The third-order valence-corrected chi connectivity index (χ3v) is 3.62. The highest BCUT2D eigenvalue weighted by atomic mass is 16.5. The summed E-state index contributed by atoms with van der Waals surface area (Å²) in [5, 5.41) is 12.4. The predicted octanol–water partition coefficient (Wildman–Crippen LogP) is 2.85. The smallest absolute Gasteiger partial charge is 0.136 e. The molecule has 2 rings (SSSR count). The molecule has 0 aromatic heterocycles. The molecule has 0 atom stereocenters. The monoisotopic (exact) mass is 244 g/mol. The van der Waals surface area contributed by atoms with Crippen LogP contribution in [0.5, 0.6) is 5.75 Å². The van der Waals surface area contributed by atoms with Crippen molar-refractivity contribution in [3.63, 3.8) is 0 Å². The van der Waals surface area contributed by atoms with Crippen molar-refractivity contribution < 1.29 is 4.74 Å². The maximum Gasteiger partial charge on any atom is 0.136 e. The molecule has 1 aliphatic rings. The van der Waals surface area contributed by atoms with Gasteiger partial charge in [-0.15, -0.1) is 0 Å². The summed E-state index contributed by atoms with van der Waals surface area (Å²) in [4.78, 5) is 0. The zero-order chi connectivity index (χ0) is 12.8. The summed E-state index contributed by atoms with van der Waals surface area (Å²) in [6.07, 6.45) is 5.50. The van der Waals surface area contributed by atoms with Crippen LogP contribution >= 0.6 is 0 Å². The highest BCUT2D eigenvalue weighted by molar-refractivity contribution is 5.45. The third-order valence-electron chi connectivity index (χ3n) is 3.62. The molecule has 0 heterocycles. The van der Waals surface area contributed by atoms with E-state index < -0.39 is 0 Å². The zero-order valence-electron chi connectivity index (χ0n) is 10.9. The highest BCUT2D eigenvalue weighted by Gasteiger charge is 2.14. The van der Waals surface area contributed by atoms with Crippen LogP contribution in [0.4, 0.5) is 0 Å². The van der Waals surface area contributed by atoms with Crippen LogP contribution < -0.4 is 10.1 Å². The average Bonchev–Trinajstić information content (AvgIpc) is 2.91. The van der Waals surface area contributed by atoms with Crippen LogP contribution in [0.25, 0.3) is 0 Å². The minimum Gasteiger partial charge on any atom is -0.495 e. The van der Waals surface area contributed by atoms with Gasteiger partial charge in [0, 0.05) is 6.54 Å². The molecule has 0 bridgehead atoms. The lowest BCUT2D eigenvalue weighted by molar-refractivity contribution is 0.412. The Labute approximate surface area is 109 Å². The molecular formula is C15H20N2O. The van der Waals surface area contributed by atoms with Crippen LogP contribution in [0.15, 0.2) is 18.2 Å². The van der Waals surface area contributed by atoms with E-state index in [0.29, 0.717) is 11.3 Å². The second-order valence-corrected chi connectivity index (χ2v) is 4.93. The molecule has 1 aromatic rings. The van der Waals surface area contributed by atoms with Gasteiger partial charge in [-0.05, 0) is 43.0 Å². The number of hydrogen-bond acceptors (Lipinski definition) is 3. The molecule has 96 valence electrons. The number of methoxy groups -OCH3 is 1. The number of nitrogens with one attached hydrogen (secondary N) is 1. The fraction of sp³-hybridized carbons (Fsp3) is 0.533. The largest absolute Gasteiger partial charge is 0.495 e. The maximum absolute atomic E-state index is 8.91. The van der Waals surface area contributed by atoms with E-state index in [1.807, 2.05) is 18.2 Å². The minimum atomic E-state index is 0.594. The number of nitriles is 1. The molecular weight excluding hydrogens is 224 g/mol. The SMILES string of the molecule is COc1cc(CNCC2CCCC2)ccc1C#N. The van der Waals surface area contributed by atoms with Crippen LogP contribution in [0.3, 0.4) is 0 Å². The van der Waals surface area contributed by atoms with Gasteiger partial charge in [0.25, 0.3) is 0 Å². The van der Waals surface area contributed by atoms with E-state index in [2.05, 4.69) is 11.4 Å². The minimum absolute atomic E-state index is 0.594. The number of nitrogens with zero attached hydrogens (tertiary/aromatic N) is 1. The molecule has 1 saturated carbocycles. The Hall–Kier alpha value is -1.53. The van der Waals surface area contributed by atoms with E-state index in [-0.39, 0.29) is 0 Å². The molecule has 3 nitrogen and oxygen atoms in total. The quantitative estimate of drug-likeness (QED) is 0.866. The van der Waals surface area contributed by atoms with E-state index >= 15 is 0 Å². The zero-order valence-corrected chi connectivity index (χ0v) is 10.9. The van der Waals surface area contributed by atoms with Crippen molar-refractivity contribution in [1.29, 1.82) is 5.26 Å². The van der Waals surface area contributed by atoms with E-state index in [1.165, 1.54) is 31.2 Å². The molecule has 1 fully saturated rings. The van der Waals surface area contributed by atoms with Gasteiger partial charge in [-0.3, -0.25) is 0 Å². The number of rotatable bonds is 5. The predicted molar refractivity (Wildman–Crippen MR) is 71.4 cm³/mol. The van der Waals surface area contributed by atoms with Gasteiger partial charge >= 0.3 is 0 Å². The third kappa shape index (κ3) is 3.24.